The smallest absolute Gasteiger partial charge is 0.311 e. The van der Waals surface area contributed by atoms with Crippen LogP contribution < -0.4 is 5.32 Å². The topological polar surface area (TPSA) is 75.7 Å². The molecule has 1 aromatic rings. The van der Waals surface area contributed by atoms with E-state index in [0.717, 1.165) is 18.4 Å². The van der Waals surface area contributed by atoms with Crippen molar-refractivity contribution in [2.24, 2.45) is 17.8 Å². The highest BCUT2D eigenvalue weighted by Crippen LogP contribution is 2.35. The molecule has 0 unspecified atom stereocenters. The second-order valence-corrected chi connectivity index (χ2v) is 8.59. The van der Waals surface area contributed by atoms with E-state index in [-0.39, 0.29) is 36.9 Å². The summed E-state index contributed by atoms with van der Waals surface area (Å²) in [5.74, 6) is -0.229. The Morgan fingerprint density at radius 3 is 2.66 bits per heavy atom. The van der Waals surface area contributed by atoms with Crippen LogP contribution in [0, 0.1) is 17.8 Å². The molecule has 1 aliphatic heterocycles. The first-order valence-corrected chi connectivity index (χ1v) is 10.7. The lowest BCUT2D eigenvalue weighted by Gasteiger charge is -2.39. The van der Waals surface area contributed by atoms with Gasteiger partial charge in [-0.15, -0.1) is 0 Å². The van der Waals surface area contributed by atoms with Gasteiger partial charge in [-0.25, -0.2) is 0 Å². The fraction of sp³-hybridized carbons (Fsp3) is 0.609. The van der Waals surface area contributed by atoms with Crippen molar-refractivity contribution in [1.82, 2.24) is 10.2 Å². The molecule has 6 nitrogen and oxygen atoms in total. The van der Waals surface area contributed by atoms with Gasteiger partial charge in [-0.05, 0) is 30.7 Å². The molecule has 0 spiro atoms. The fourth-order valence-electron chi connectivity index (χ4n) is 4.57. The average Bonchev–Trinajstić information content (AvgIpc) is 3.10. The van der Waals surface area contributed by atoms with Crippen LogP contribution in [0.25, 0.3) is 0 Å². The molecule has 1 aromatic carbocycles. The number of amides is 2. The maximum atomic E-state index is 12.5. The molecule has 29 heavy (non-hydrogen) atoms. The summed E-state index contributed by atoms with van der Waals surface area (Å²) in [5.41, 5.74) is 0.986. The SMILES string of the molecule is C[C@@H]1[C@@H](C)CCC[C@@H]1N1C[C@H](C(=O)OCC(=O)N[C@@H](C)c2ccccc2)CC1=O. The Balaban J connectivity index is 1.47. The first-order valence-electron chi connectivity index (χ1n) is 10.7. The van der Waals surface area contributed by atoms with E-state index in [2.05, 4.69) is 19.2 Å². The minimum absolute atomic E-state index is 0.0278. The minimum atomic E-state index is -0.480. The van der Waals surface area contributed by atoms with Crippen molar-refractivity contribution >= 4 is 17.8 Å². The molecule has 2 aliphatic rings. The molecule has 1 saturated carbocycles. The number of ether oxygens (including phenoxy) is 1. The van der Waals surface area contributed by atoms with Gasteiger partial charge in [0.15, 0.2) is 6.61 Å². The molecule has 0 radical (unpaired) electrons. The van der Waals surface area contributed by atoms with E-state index < -0.39 is 11.9 Å². The Bertz CT molecular complexity index is 736. The molecule has 3 rings (SSSR count). The number of carbonyl (C=O) groups excluding carboxylic acids is 3. The van der Waals surface area contributed by atoms with Gasteiger partial charge >= 0.3 is 5.97 Å². The molecule has 1 saturated heterocycles. The normalized spacial score (nSPS) is 28.1. The standard InChI is InChI=1S/C23H32N2O4/c1-15-8-7-11-20(16(15)2)25-13-19(12-22(25)27)23(28)29-14-21(26)24-17(3)18-9-5-4-6-10-18/h4-6,9-10,15-17,19-20H,7-8,11-14H2,1-3H3,(H,24,26)/t15-,16+,17-,19+,20-/m0/s1. The number of likely N-dealkylation sites (tertiary alicyclic amines) is 1. The summed E-state index contributed by atoms with van der Waals surface area (Å²) in [4.78, 5) is 39.0. The maximum Gasteiger partial charge on any atom is 0.311 e. The zero-order valence-corrected chi connectivity index (χ0v) is 17.6. The van der Waals surface area contributed by atoms with E-state index in [1.54, 1.807) is 0 Å². The number of hydrogen-bond acceptors (Lipinski definition) is 4. The molecule has 158 valence electrons. The van der Waals surface area contributed by atoms with Crippen molar-refractivity contribution in [2.45, 2.75) is 58.5 Å². The highest BCUT2D eigenvalue weighted by atomic mass is 16.5. The van der Waals surface area contributed by atoms with Crippen LogP contribution in [0.1, 0.15) is 58.1 Å². The number of hydrogen-bond donors (Lipinski definition) is 1. The number of nitrogens with zero attached hydrogens (tertiary/aromatic N) is 1. The van der Waals surface area contributed by atoms with Crippen molar-refractivity contribution < 1.29 is 19.1 Å². The van der Waals surface area contributed by atoms with E-state index in [4.69, 9.17) is 4.74 Å². The second-order valence-electron chi connectivity index (χ2n) is 8.59. The third-order valence-corrected chi connectivity index (χ3v) is 6.58. The second kappa shape index (κ2) is 9.42. The van der Waals surface area contributed by atoms with Crippen LogP contribution in [-0.2, 0) is 19.1 Å². The molecule has 0 bridgehead atoms. The van der Waals surface area contributed by atoms with Crippen LogP contribution in [-0.4, -0.2) is 41.9 Å². The monoisotopic (exact) mass is 400 g/mol. The molecule has 1 heterocycles. The first kappa shape index (κ1) is 21.3. The van der Waals surface area contributed by atoms with Gasteiger partial charge in [0.1, 0.15) is 0 Å². The summed E-state index contributed by atoms with van der Waals surface area (Å²) < 4.78 is 5.23. The number of esters is 1. The van der Waals surface area contributed by atoms with Gasteiger partial charge in [0.05, 0.1) is 12.0 Å². The molecular formula is C23H32N2O4. The molecule has 1 N–H and O–H groups in total. The predicted molar refractivity (Wildman–Crippen MR) is 110 cm³/mol. The maximum absolute atomic E-state index is 12.5. The molecule has 5 atom stereocenters. The van der Waals surface area contributed by atoms with Crippen molar-refractivity contribution in [2.75, 3.05) is 13.2 Å². The third-order valence-electron chi connectivity index (χ3n) is 6.58. The van der Waals surface area contributed by atoms with Crippen LogP contribution in [0.4, 0.5) is 0 Å². The summed E-state index contributed by atoms with van der Waals surface area (Å²) in [6.45, 7) is 6.40. The average molecular weight is 401 g/mol. The van der Waals surface area contributed by atoms with Crippen molar-refractivity contribution in [3.8, 4) is 0 Å². The van der Waals surface area contributed by atoms with Gasteiger partial charge in [-0.1, -0.05) is 57.0 Å². The molecular weight excluding hydrogens is 368 g/mol. The Kier molecular flexibility index (Phi) is 6.93. The lowest BCUT2D eigenvalue weighted by atomic mass is 9.77. The number of carbonyl (C=O) groups is 3. The molecule has 2 fully saturated rings. The summed E-state index contributed by atoms with van der Waals surface area (Å²) in [5, 5.41) is 2.83. The van der Waals surface area contributed by atoms with E-state index in [0.29, 0.717) is 18.4 Å². The van der Waals surface area contributed by atoms with Gasteiger partial charge in [-0.3, -0.25) is 14.4 Å². The van der Waals surface area contributed by atoms with E-state index in [1.165, 1.54) is 6.42 Å². The zero-order chi connectivity index (χ0) is 21.0. The predicted octanol–water partition coefficient (Wildman–Crippen LogP) is 3.08. The van der Waals surface area contributed by atoms with Crippen LogP contribution in [0.3, 0.4) is 0 Å². The lowest BCUT2D eigenvalue weighted by molar-refractivity contribution is -0.152. The van der Waals surface area contributed by atoms with Gasteiger partial charge in [0.2, 0.25) is 5.91 Å². The lowest BCUT2D eigenvalue weighted by Crippen LogP contribution is -2.45. The van der Waals surface area contributed by atoms with Gasteiger partial charge in [0.25, 0.3) is 5.91 Å². The Labute approximate surface area is 173 Å². The first-order chi connectivity index (χ1) is 13.9. The van der Waals surface area contributed by atoms with Crippen LogP contribution in [0.2, 0.25) is 0 Å². The Morgan fingerprint density at radius 1 is 1.21 bits per heavy atom. The number of benzene rings is 1. The Morgan fingerprint density at radius 2 is 1.93 bits per heavy atom. The van der Waals surface area contributed by atoms with E-state index >= 15 is 0 Å². The zero-order valence-electron chi connectivity index (χ0n) is 17.6. The number of rotatable bonds is 6. The summed E-state index contributed by atoms with van der Waals surface area (Å²) >= 11 is 0. The molecule has 2 amide bonds. The van der Waals surface area contributed by atoms with Crippen LogP contribution in [0.15, 0.2) is 30.3 Å². The highest BCUT2D eigenvalue weighted by Gasteiger charge is 2.42. The summed E-state index contributed by atoms with van der Waals surface area (Å²) in [6, 6.07) is 9.65. The van der Waals surface area contributed by atoms with Gasteiger partial charge < -0.3 is 15.0 Å². The molecule has 6 heteroatoms. The van der Waals surface area contributed by atoms with E-state index in [9.17, 15) is 14.4 Å². The highest BCUT2D eigenvalue weighted by molar-refractivity contribution is 5.88. The van der Waals surface area contributed by atoms with Crippen molar-refractivity contribution in [3.05, 3.63) is 35.9 Å². The van der Waals surface area contributed by atoms with Gasteiger partial charge in [-0.2, -0.15) is 0 Å². The number of nitrogens with one attached hydrogen (secondary N) is 1. The van der Waals surface area contributed by atoms with Crippen LogP contribution >= 0.6 is 0 Å². The van der Waals surface area contributed by atoms with E-state index in [1.807, 2.05) is 42.2 Å². The summed E-state index contributed by atoms with van der Waals surface area (Å²) in [6.07, 6.45) is 3.49. The fourth-order valence-corrected chi connectivity index (χ4v) is 4.57. The molecule has 1 aliphatic carbocycles. The Hall–Kier alpha value is -2.37. The van der Waals surface area contributed by atoms with Crippen molar-refractivity contribution in [1.29, 1.82) is 0 Å². The third kappa shape index (κ3) is 5.17. The van der Waals surface area contributed by atoms with Crippen molar-refractivity contribution in [3.63, 3.8) is 0 Å². The largest absolute Gasteiger partial charge is 0.455 e. The quantitative estimate of drug-likeness (QED) is 0.745. The van der Waals surface area contributed by atoms with Crippen LogP contribution in [0.5, 0.6) is 0 Å². The van der Waals surface area contributed by atoms with Gasteiger partial charge in [0, 0.05) is 19.0 Å². The molecule has 0 aromatic heterocycles. The minimum Gasteiger partial charge on any atom is -0.455 e. The summed E-state index contributed by atoms with van der Waals surface area (Å²) in [7, 11) is 0.